The lowest BCUT2D eigenvalue weighted by atomic mass is 10.3. The van der Waals surface area contributed by atoms with Gasteiger partial charge in [0.1, 0.15) is 18.1 Å². The normalized spacial score (nSPS) is 11.2. The smallest absolute Gasteiger partial charge is 0.195 e. The average molecular weight is 564 g/mol. The number of pyridine rings is 1. The summed E-state index contributed by atoms with van der Waals surface area (Å²) in [5, 5.41) is 6.75. The number of nitrogens with one attached hydrogen (secondary N) is 2. The van der Waals surface area contributed by atoms with Gasteiger partial charge >= 0.3 is 0 Å². The molecule has 0 spiro atoms. The highest BCUT2D eigenvalue weighted by atomic mass is 127. The average Bonchev–Trinajstić information content (AvgIpc) is 3.31. The molecule has 3 rings (SSSR count). The van der Waals surface area contributed by atoms with Crippen molar-refractivity contribution < 1.29 is 13.9 Å². The molecule has 0 radical (unpaired) electrons. The van der Waals surface area contributed by atoms with Crippen LogP contribution < -0.4 is 15.4 Å². The summed E-state index contributed by atoms with van der Waals surface area (Å²) in [6, 6.07) is 17.6. The number of rotatable bonds is 12. The quantitative estimate of drug-likeness (QED) is 0.135. The standard InChI is InChI=1S/C25H32N4O3.HI/c1-20(2)32-23-11-9-22(10-12-23)29-25(28-16-13-21-7-3-4-14-26-21)27-15-6-17-30-19-24-8-5-18-31-24;/h3-5,7-12,14,18,20H,6,13,15-17,19H2,1-2H3,(H2,27,28,29);1H. The van der Waals surface area contributed by atoms with E-state index >= 15 is 0 Å². The molecule has 2 aromatic heterocycles. The van der Waals surface area contributed by atoms with E-state index in [4.69, 9.17) is 18.9 Å². The van der Waals surface area contributed by atoms with Gasteiger partial charge in [0.25, 0.3) is 0 Å². The van der Waals surface area contributed by atoms with Crippen LogP contribution in [0.4, 0.5) is 5.69 Å². The van der Waals surface area contributed by atoms with Crippen LogP contribution >= 0.6 is 24.0 Å². The fourth-order valence-corrected chi connectivity index (χ4v) is 2.95. The van der Waals surface area contributed by atoms with Crippen molar-refractivity contribution >= 4 is 35.6 Å². The van der Waals surface area contributed by atoms with Gasteiger partial charge in [0, 0.05) is 43.7 Å². The Morgan fingerprint density at radius 2 is 1.94 bits per heavy atom. The Hall–Kier alpha value is -2.59. The summed E-state index contributed by atoms with van der Waals surface area (Å²) in [6.45, 7) is 6.50. The second-order valence-corrected chi connectivity index (χ2v) is 7.53. The minimum absolute atomic E-state index is 0. The van der Waals surface area contributed by atoms with Gasteiger partial charge in [-0.3, -0.25) is 9.98 Å². The second kappa shape index (κ2) is 15.3. The van der Waals surface area contributed by atoms with Gasteiger partial charge in [-0.05, 0) is 68.8 Å². The summed E-state index contributed by atoms with van der Waals surface area (Å²) < 4.78 is 16.6. The monoisotopic (exact) mass is 564 g/mol. The first kappa shape index (κ1) is 26.7. The largest absolute Gasteiger partial charge is 0.491 e. The van der Waals surface area contributed by atoms with Crippen molar-refractivity contribution in [2.75, 3.05) is 25.0 Å². The van der Waals surface area contributed by atoms with E-state index in [-0.39, 0.29) is 30.1 Å². The molecule has 0 atom stereocenters. The number of aromatic nitrogens is 1. The third kappa shape index (κ3) is 10.7. The second-order valence-electron chi connectivity index (χ2n) is 7.53. The Bertz CT molecular complexity index is 917. The van der Waals surface area contributed by atoms with Crippen molar-refractivity contribution in [3.63, 3.8) is 0 Å². The van der Waals surface area contributed by atoms with Crippen LogP contribution in [0.5, 0.6) is 5.75 Å². The van der Waals surface area contributed by atoms with Crippen molar-refractivity contribution in [3.8, 4) is 5.75 Å². The zero-order chi connectivity index (χ0) is 22.4. The number of hydrogen-bond acceptors (Lipinski definition) is 5. The lowest BCUT2D eigenvalue weighted by molar-refractivity contribution is 0.105. The lowest BCUT2D eigenvalue weighted by Gasteiger charge is -2.14. The van der Waals surface area contributed by atoms with Gasteiger partial charge in [0.05, 0.1) is 12.4 Å². The van der Waals surface area contributed by atoms with Crippen molar-refractivity contribution in [3.05, 3.63) is 78.5 Å². The van der Waals surface area contributed by atoms with Crippen molar-refractivity contribution in [1.29, 1.82) is 0 Å². The molecule has 0 aliphatic carbocycles. The lowest BCUT2D eigenvalue weighted by Crippen LogP contribution is -2.32. The fraction of sp³-hybridized carbons (Fsp3) is 0.360. The number of ether oxygens (including phenoxy) is 2. The van der Waals surface area contributed by atoms with E-state index in [1.807, 2.05) is 74.6 Å². The number of nitrogens with zero attached hydrogens (tertiary/aromatic N) is 2. The molecule has 0 saturated heterocycles. The summed E-state index contributed by atoms with van der Waals surface area (Å²) in [4.78, 5) is 9.07. The maximum absolute atomic E-state index is 5.72. The van der Waals surface area contributed by atoms with E-state index in [1.54, 1.807) is 6.26 Å². The van der Waals surface area contributed by atoms with Crippen LogP contribution in [0, 0.1) is 0 Å². The minimum atomic E-state index is 0. The first-order valence-electron chi connectivity index (χ1n) is 11.0. The minimum Gasteiger partial charge on any atom is -0.491 e. The predicted octanol–water partition coefficient (Wildman–Crippen LogP) is 5.29. The first-order chi connectivity index (χ1) is 15.7. The highest BCUT2D eigenvalue weighted by Gasteiger charge is 2.03. The number of hydrogen-bond donors (Lipinski definition) is 2. The number of benzene rings is 1. The van der Waals surface area contributed by atoms with Gasteiger partial charge < -0.3 is 24.5 Å². The van der Waals surface area contributed by atoms with Gasteiger partial charge in [-0.1, -0.05) is 6.07 Å². The van der Waals surface area contributed by atoms with E-state index in [9.17, 15) is 0 Å². The van der Waals surface area contributed by atoms with E-state index in [2.05, 4.69) is 15.6 Å². The Kier molecular flexibility index (Phi) is 12.3. The molecule has 0 fully saturated rings. The summed E-state index contributed by atoms with van der Waals surface area (Å²) in [5.41, 5.74) is 1.99. The topological polar surface area (TPSA) is 80.9 Å². The van der Waals surface area contributed by atoms with E-state index in [0.717, 1.165) is 48.2 Å². The molecule has 7 nitrogen and oxygen atoms in total. The predicted molar refractivity (Wildman–Crippen MR) is 142 cm³/mol. The SMILES string of the molecule is CC(C)Oc1ccc(NC(=NCCCOCc2ccco2)NCCc2ccccn2)cc1.I. The molecule has 2 N–H and O–H groups in total. The zero-order valence-electron chi connectivity index (χ0n) is 19.2. The fourth-order valence-electron chi connectivity index (χ4n) is 2.95. The summed E-state index contributed by atoms with van der Waals surface area (Å²) in [6.07, 6.45) is 5.24. The molecule has 1 aromatic carbocycles. The molecule has 3 aromatic rings. The molecule has 0 unspecified atom stereocenters. The molecular weight excluding hydrogens is 531 g/mol. The molecule has 0 amide bonds. The van der Waals surface area contributed by atoms with E-state index < -0.39 is 0 Å². The molecule has 0 bridgehead atoms. The Morgan fingerprint density at radius 3 is 2.64 bits per heavy atom. The van der Waals surface area contributed by atoms with Crippen LogP contribution in [0.1, 0.15) is 31.7 Å². The molecule has 2 heterocycles. The molecule has 0 saturated carbocycles. The number of furan rings is 1. The van der Waals surface area contributed by atoms with Crippen LogP contribution in [0.15, 0.2) is 76.5 Å². The van der Waals surface area contributed by atoms with Crippen molar-refractivity contribution in [2.45, 2.75) is 39.4 Å². The Balaban J connectivity index is 0.00000385. The van der Waals surface area contributed by atoms with Crippen molar-refractivity contribution in [2.24, 2.45) is 4.99 Å². The Morgan fingerprint density at radius 1 is 1.09 bits per heavy atom. The molecule has 8 heteroatoms. The number of halogens is 1. The van der Waals surface area contributed by atoms with Gasteiger partial charge in [0.15, 0.2) is 5.96 Å². The van der Waals surface area contributed by atoms with Crippen LogP contribution in [0.2, 0.25) is 0 Å². The summed E-state index contributed by atoms with van der Waals surface area (Å²) in [5.74, 6) is 2.40. The number of aliphatic imine (C=N–C) groups is 1. The third-order valence-corrected chi connectivity index (χ3v) is 4.43. The van der Waals surface area contributed by atoms with Crippen LogP contribution in [0.3, 0.4) is 0 Å². The number of guanidine groups is 1. The third-order valence-electron chi connectivity index (χ3n) is 4.43. The van der Waals surface area contributed by atoms with Crippen LogP contribution in [0.25, 0.3) is 0 Å². The zero-order valence-corrected chi connectivity index (χ0v) is 21.5. The first-order valence-corrected chi connectivity index (χ1v) is 11.0. The number of anilines is 1. The Labute approximate surface area is 213 Å². The molecule has 0 aliphatic heterocycles. The maximum atomic E-state index is 5.72. The van der Waals surface area contributed by atoms with Crippen molar-refractivity contribution in [1.82, 2.24) is 10.3 Å². The van der Waals surface area contributed by atoms with E-state index in [0.29, 0.717) is 19.8 Å². The van der Waals surface area contributed by atoms with Gasteiger partial charge in [0.2, 0.25) is 0 Å². The highest BCUT2D eigenvalue weighted by Crippen LogP contribution is 2.16. The summed E-state index contributed by atoms with van der Waals surface area (Å²) >= 11 is 0. The van der Waals surface area contributed by atoms with Gasteiger partial charge in [-0.2, -0.15) is 0 Å². The summed E-state index contributed by atoms with van der Waals surface area (Å²) in [7, 11) is 0. The molecule has 178 valence electrons. The van der Waals surface area contributed by atoms with Crippen LogP contribution in [-0.2, 0) is 17.8 Å². The van der Waals surface area contributed by atoms with Gasteiger partial charge in [-0.25, -0.2) is 0 Å². The molecule has 33 heavy (non-hydrogen) atoms. The molecular formula is C25H33IN4O3. The van der Waals surface area contributed by atoms with Crippen LogP contribution in [-0.4, -0.2) is 36.7 Å². The van der Waals surface area contributed by atoms with Gasteiger partial charge in [-0.15, -0.1) is 24.0 Å². The van der Waals surface area contributed by atoms with E-state index in [1.165, 1.54) is 0 Å². The maximum Gasteiger partial charge on any atom is 0.195 e. The highest BCUT2D eigenvalue weighted by molar-refractivity contribution is 14.0. The molecule has 0 aliphatic rings.